The molecule has 5 atom stereocenters. The van der Waals surface area contributed by atoms with Gasteiger partial charge in [0.05, 0.1) is 6.61 Å². The molecule has 0 bridgehead atoms. The molecular formula is C26H27ClFNO5S. The largest absolute Gasteiger partial charge is 0.469 e. The van der Waals surface area contributed by atoms with Crippen LogP contribution >= 0.6 is 22.9 Å². The average molecular weight is 520 g/mol. The van der Waals surface area contributed by atoms with Crippen LogP contribution in [0.2, 0.25) is 5.02 Å². The average Bonchev–Trinajstić information content (AvgIpc) is 3.36. The Morgan fingerprint density at radius 2 is 1.97 bits per heavy atom. The van der Waals surface area contributed by atoms with Crippen LogP contribution < -0.4 is 0 Å². The lowest BCUT2D eigenvalue weighted by atomic mass is 9.85. The maximum absolute atomic E-state index is 15.0. The lowest BCUT2D eigenvalue weighted by molar-refractivity contribution is -0.262. The Morgan fingerprint density at radius 3 is 2.71 bits per heavy atom. The molecule has 3 heterocycles. The van der Waals surface area contributed by atoms with Crippen molar-refractivity contribution in [1.82, 2.24) is 0 Å². The van der Waals surface area contributed by atoms with Crippen LogP contribution in [0.4, 0.5) is 4.39 Å². The van der Waals surface area contributed by atoms with Gasteiger partial charge < -0.3 is 24.8 Å². The number of hydrogen-bond donors (Lipinski definition) is 3. The number of rotatable bonds is 6. The fourth-order valence-electron chi connectivity index (χ4n) is 4.88. The summed E-state index contributed by atoms with van der Waals surface area (Å²) < 4.78 is 28.2. The maximum Gasteiger partial charge on any atom is 0.228 e. The zero-order chi connectivity index (χ0) is 24.9. The van der Waals surface area contributed by atoms with Crippen molar-refractivity contribution in [3.63, 3.8) is 0 Å². The van der Waals surface area contributed by atoms with E-state index < -0.39 is 36.7 Å². The summed E-state index contributed by atoms with van der Waals surface area (Å²) in [6.07, 6.45) is -3.15. The molecule has 3 aromatic rings. The van der Waals surface area contributed by atoms with Gasteiger partial charge in [-0.3, -0.25) is 0 Å². The van der Waals surface area contributed by atoms with Crippen LogP contribution in [0.5, 0.6) is 0 Å². The SMILES string of the molecule is CCCC1=NC2(c3ccc(F)c(Cc4sc5ccc(Cl)cc5c4C)c3)O[C@H](CO)[C@@H](O)[C@H](O)C2O1. The molecule has 0 spiro atoms. The normalized spacial score (nSPS) is 28.1. The molecule has 6 nitrogen and oxygen atoms in total. The van der Waals surface area contributed by atoms with Crippen LogP contribution in [0, 0.1) is 12.7 Å². The second-order valence-electron chi connectivity index (χ2n) is 9.08. The first kappa shape index (κ1) is 24.6. The van der Waals surface area contributed by atoms with E-state index in [1.54, 1.807) is 23.5 Å². The summed E-state index contributed by atoms with van der Waals surface area (Å²) >= 11 is 7.77. The molecule has 0 amide bonds. The topological polar surface area (TPSA) is 91.5 Å². The van der Waals surface area contributed by atoms with E-state index in [-0.39, 0.29) is 5.82 Å². The lowest BCUT2D eigenvalue weighted by Crippen LogP contribution is -2.61. The molecule has 0 aliphatic carbocycles. The first-order chi connectivity index (χ1) is 16.8. The summed E-state index contributed by atoms with van der Waals surface area (Å²) in [4.78, 5) is 5.69. The molecule has 2 unspecified atom stereocenters. The predicted molar refractivity (Wildman–Crippen MR) is 134 cm³/mol. The Hall–Kier alpha value is -2.07. The van der Waals surface area contributed by atoms with Crippen molar-refractivity contribution in [3.8, 4) is 0 Å². The Bertz CT molecular complexity index is 1300. The number of aliphatic hydroxyl groups is 3. The van der Waals surface area contributed by atoms with Gasteiger partial charge in [-0.15, -0.1) is 11.3 Å². The maximum atomic E-state index is 15.0. The number of aryl methyl sites for hydroxylation is 1. The third kappa shape index (κ3) is 4.16. The molecule has 1 aromatic heterocycles. The number of nitrogens with zero attached hydrogens (tertiary/aromatic N) is 1. The summed E-state index contributed by atoms with van der Waals surface area (Å²) in [5, 5.41) is 32.8. The highest BCUT2D eigenvalue weighted by Gasteiger charge is 2.60. The Balaban J connectivity index is 1.57. The second kappa shape index (κ2) is 9.42. The zero-order valence-corrected chi connectivity index (χ0v) is 20.9. The van der Waals surface area contributed by atoms with Gasteiger partial charge in [0.15, 0.2) is 12.0 Å². The molecule has 0 radical (unpaired) electrons. The van der Waals surface area contributed by atoms with Gasteiger partial charge >= 0.3 is 0 Å². The standard InChI is InChI=1S/C26H27ClFNO5S/c1-3-4-22-29-26(25(33-22)24(32)23(31)19(12-30)34-26)15-5-7-18(28)14(9-15)10-21-13(2)17-11-16(27)6-8-20(17)35-21/h5-9,11,19,23-25,30-32H,3-4,10,12H2,1-2H3/t19-,23-,24+,25?,26?/m1/s1. The van der Waals surface area contributed by atoms with E-state index in [0.717, 1.165) is 26.9 Å². The van der Waals surface area contributed by atoms with Gasteiger partial charge in [0, 0.05) is 33.0 Å². The second-order valence-corrected chi connectivity index (χ2v) is 10.7. The number of aliphatic hydroxyl groups excluding tert-OH is 3. The first-order valence-electron chi connectivity index (χ1n) is 11.6. The molecule has 9 heteroatoms. The van der Waals surface area contributed by atoms with Crippen LogP contribution in [0.25, 0.3) is 10.1 Å². The molecule has 1 fully saturated rings. The summed E-state index contributed by atoms with van der Waals surface area (Å²) in [6, 6.07) is 10.3. The smallest absolute Gasteiger partial charge is 0.228 e. The number of benzene rings is 2. The van der Waals surface area contributed by atoms with E-state index in [1.807, 2.05) is 32.0 Å². The first-order valence-corrected chi connectivity index (χ1v) is 12.8. The highest BCUT2D eigenvalue weighted by molar-refractivity contribution is 7.19. The van der Waals surface area contributed by atoms with E-state index in [1.165, 1.54) is 6.07 Å². The molecule has 5 rings (SSSR count). The van der Waals surface area contributed by atoms with E-state index in [2.05, 4.69) is 4.99 Å². The molecule has 2 aliphatic rings. The van der Waals surface area contributed by atoms with Crippen LogP contribution in [-0.4, -0.2) is 52.2 Å². The van der Waals surface area contributed by atoms with Gasteiger partial charge in [0.25, 0.3) is 0 Å². The van der Waals surface area contributed by atoms with Gasteiger partial charge in [-0.05, 0) is 60.2 Å². The zero-order valence-electron chi connectivity index (χ0n) is 19.4. The van der Waals surface area contributed by atoms with Crippen molar-refractivity contribution >= 4 is 38.9 Å². The fraction of sp³-hybridized carbons (Fsp3) is 0.423. The van der Waals surface area contributed by atoms with Gasteiger partial charge in [0.2, 0.25) is 5.72 Å². The molecule has 186 valence electrons. The molecule has 2 aliphatic heterocycles. The third-order valence-corrected chi connectivity index (χ3v) is 8.27. The minimum absolute atomic E-state index is 0.351. The van der Waals surface area contributed by atoms with Crippen molar-refractivity contribution in [1.29, 1.82) is 0 Å². The summed E-state index contributed by atoms with van der Waals surface area (Å²) in [5.74, 6) is 0.0220. The number of ether oxygens (including phenoxy) is 2. The van der Waals surface area contributed by atoms with Crippen molar-refractivity contribution in [3.05, 3.63) is 68.8 Å². The molecule has 2 aromatic carbocycles. The molecule has 0 saturated carbocycles. The molecule has 35 heavy (non-hydrogen) atoms. The molecular weight excluding hydrogens is 493 g/mol. The number of hydrogen-bond acceptors (Lipinski definition) is 7. The number of halogens is 2. The van der Waals surface area contributed by atoms with Crippen LogP contribution in [0.15, 0.2) is 41.4 Å². The van der Waals surface area contributed by atoms with E-state index in [9.17, 15) is 15.3 Å². The quantitative estimate of drug-likeness (QED) is 0.447. The number of thiophene rings is 1. The third-order valence-electron chi connectivity index (χ3n) is 6.76. The van der Waals surface area contributed by atoms with Crippen LogP contribution in [0.3, 0.4) is 0 Å². The summed E-state index contributed by atoms with van der Waals surface area (Å²) in [5.41, 5.74) is 0.493. The molecule has 1 saturated heterocycles. The Kier molecular flexibility index (Phi) is 6.63. The minimum atomic E-state index is -1.50. The number of fused-ring (bicyclic) bond motifs is 2. The highest BCUT2D eigenvalue weighted by atomic mass is 35.5. The van der Waals surface area contributed by atoms with Gasteiger partial charge in [-0.1, -0.05) is 24.6 Å². The van der Waals surface area contributed by atoms with Gasteiger partial charge in [-0.25, -0.2) is 9.38 Å². The monoisotopic (exact) mass is 519 g/mol. The lowest BCUT2D eigenvalue weighted by Gasteiger charge is -2.44. The highest BCUT2D eigenvalue weighted by Crippen LogP contribution is 2.46. The van der Waals surface area contributed by atoms with Gasteiger partial charge in [-0.2, -0.15) is 0 Å². The van der Waals surface area contributed by atoms with Crippen LogP contribution in [0.1, 0.15) is 41.3 Å². The Morgan fingerprint density at radius 1 is 1.17 bits per heavy atom. The Labute approximate surface area is 211 Å². The number of aliphatic imine (C=N–C) groups is 1. The fourth-order valence-corrected chi connectivity index (χ4v) is 6.27. The van der Waals surface area contributed by atoms with Gasteiger partial charge in [0.1, 0.15) is 24.1 Å². The van der Waals surface area contributed by atoms with Crippen molar-refractivity contribution in [2.45, 2.75) is 63.3 Å². The summed E-state index contributed by atoms with van der Waals surface area (Å²) in [6.45, 7) is 3.46. The summed E-state index contributed by atoms with van der Waals surface area (Å²) in [7, 11) is 0. The van der Waals surface area contributed by atoms with Crippen molar-refractivity contribution in [2.75, 3.05) is 6.61 Å². The van der Waals surface area contributed by atoms with Crippen LogP contribution in [-0.2, 0) is 21.6 Å². The van der Waals surface area contributed by atoms with Crippen molar-refractivity contribution in [2.24, 2.45) is 4.99 Å². The minimum Gasteiger partial charge on any atom is -0.469 e. The predicted octanol–water partition coefficient (Wildman–Crippen LogP) is 4.46. The molecule has 3 N–H and O–H groups in total. The van der Waals surface area contributed by atoms with E-state index >= 15 is 4.39 Å². The van der Waals surface area contributed by atoms with E-state index in [4.69, 9.17) is 21.1 Å². The van der Waals surface area contributed by atoms with Crippen molar-refractivity contribution < 1.29 is 29.2 Å². The van der Waals surface area contributed by atoms with E-state index in [0.29, 0.717) is 34.9 Å².